The summed E-state index contributed by atoms with van der Waals surface area (Å²) in [6.45, 7) is 5.01. The van der Waals surface area contributed by atoms with Gasteiger partial charge in [-0.3, -0.25) is 4.79 Å². The first-order valence-corrected chi connectivity index (χ1v) is 6.05. The highest BCUT2D eigenvalue weighted by Gasteiger charge is 2.22. The number of hydrogen-bond donors (Lipinski definition) is 2. The molecule has 0 spiro atoms. The minimum absolute atomic E-state index is 0.0584. The second-order valence-corrected chi connectivity index (χ2v) is 4.66. The summed E-state index contributed by atoms with van der Waals surface area (Å²) in [7, 11) is 0. The van der Waals surface area contributed by atoms with Gasteiger partial charge >= 0.3 is 0 Å². The van der Waals surface area contributed by atoms with E-state index in [0.29, 0.717) is 19.1 Å². The number of nitrogens with zero attached hydrogens (tertiary/aromatic N) is 3. The van der Waals surface area contributed by atoms with Crippen LogP contribution in [0.2, 0.25) is 0 Å². The summed E-state index contributed by atoms with van der Waals surface area (Å²) in [5.41, 5.74) is 0. The molecule has 1 heterocycles. The lowest BCUT2D eigenvalue weighted by atomic mass is 10.4. The largest absolute Gasteiger partial charge is 0.352 e. The van der Waals surface area contributed by atoms with Crippen LogP contribution in [0.25, 0.3) is 0 Å². The number of hydrogen-bond acceptors (Lipinski definition) is 4. The van der Waals surface area contributed by atoms with Crippen LogP contribution in [0, 0.1) is 0 Å². The van der Waals surface area contributed by atoms with Gasteiger partial charge in [0.1, 0.15) is 12.2 Å². The summed E-state index contributed by atoms with van der Waals surface area (Å²) >= 11 is 0. The smallest absolute Gasteiger partial charge is 0.234 e. The Labute approximate surface area is 101 Å². The lowest BCUT2D eigenvalue weighted by Gasteiger charge is -2.10. The van der Waals surface area contributed by atoms with E-state index in [0.717, 1.165) is 18.7 Å². The van der Waals surface area contributed by atoms with Gasteiger partial charge in [0.15, 0.2) is 0 Å². The van der Waals surface area contributed by atoms with E-state index in [4.69, 9.17) is 0 Å². The number of nitrogens with one attached hydrogen (secondary N) is 2. The van der Waals surface area contributed by atoms with Gasteiger partial charge in [-0.15, -0.1) is 0 Å². The summed E-state index contributed by atoms with van der Waals surface area (Å²) in [5.74, 6) is 0.919. The fraction of sp³-hybridized carbons (Fsp3) is 0.727. The van der Waals surface area contributed by atoms with Crippen molar-refractivity contribution in [2.24, 2.45) is 0 Å². The lowest BCUT2D eigenvalue weighted by Crippen LogP contribution is -2.35. The minimum Gasteiger partial charge on any atom is -0.352 e. The Kier molecular flexibility index (Phi) is 3.73. The van der Waals surface area contributed by atoms with Crippen LogP contribution in [-0.2, 0) is 11.3 Å². The molecule has 94 valence electrons. The lowest BCUT2D eigenvalue weighted by molar-refractivity contribution is -0.120. The van der Waals surface area contributed by atoms with Crippen molar-refractivity contribution in [3.8, 4) is 0 Å². The molecule has 1 amide bonds. The maximum Gasteiger partial charge on any atom is 0.234 e. The van der Waals surface area contributed by atoms with E-state index in [9.17, 15) is 4.79 Å². The molecular weight excluding hydrogens is 218 g/mol. The van der Waals surface area contributed by atoms with Gasteiger partial charge in [0.25, 0.3) is 0 Å². The van der Waals surface area contributed by atoms with Crippen LogP contribution in [0.5, 0.6) is 0 Å². The first-order chi connectivity index (χ1) is 8.16. The van der Waals surface area contributed by atoms with Gasteiger partial charge < -0.3 is 10.6 Å². The number of rotatable bonds is 6. The van der Waals surface area contributed by atoms with Crippen LogP contribution >= 0.6 is 0 Å². The first-order valence-electron chi connectivity index (χ1n) is 6.05. The highest BCUT2D eigenvalue weighted by molar-refractivity contribution is 5.78. The molecule has 0 saturated heterocycles. The zero-order chi connectivity index (χ0) is 12.3. The molecule has 1 aliphatic carbocycles. The highest BCUT2D eigenvalue weighted by Crippen LogP contribution is 2.18. The van der Waals surface area contributed by atoms with E-state index in [1.807, 2.05) is 4.68 Å². The van der Waals surface area contributed by atoms with E-state index < -0.39 is 0 Å². The Morgan fingerprint density at radius 2 is 2.35 bits per heavy atom. The Morgan fingerprint density at radius 1 is 1.59 bits per heavy atom. The molecule has 1 aromatic heterocycles. The molecule has 2 N–H and O–H groups in total. The van der Waals surface area contributed by atoms with Crippen LogP contribution < -0.4 is 10.6 Å². The second kappa shape index (κ2) is 5.27. The summed E-state index contributed by atoms with van der Waals surface area (Å²) < 4.78 is 1.85. The standard InChI is InChI=1S/C11H19N5O/c1-8(2)16-10(13-7-14-16)5-12-6-11(17)15-9-3-4-9/h7-9,12H,3-6H2,1-2H3,(H,15,17). The molecule has 2 rings (SSSR count). The monoisotopic (exact) mass is 237 g/mol. The van der Waals surface area contributed by atoms with Crippen molar-refractivity contribution >= 4 is 5.91 Å². The van der Waals surface area contributed by atoms with Crippen LogP contribution in [0.3, 0.4) is 0 Å². The maximum atomic E-state index is 11.4. The van der Waals surface area contributed by atoms with E-state index in [-0.39, 0.29) is 11.9 Å². The molecule has 1 fully saturated rings. The van der Waals surface area contributed by atoms with E-state index in [2.05, 4.69) is 34.6 Å². The third-order valence-electron chi connectivity index (χ3n) is 2.65. The zero-order valence-corrected chi connectivity index (χ0v) is 10.3. The molecule has 17 heavy (non-hydrogen) atoms. The average Bonchev–Trinajstić information content (AvgIpc) is 2.94. The number of carbonyl (C=O) groups excluding carboxylic acids is 1. The highest BCUT2D eigenvalue weighted by atomic mass is 16.2. The normalized spacial score (nSPS) is 15.2. The molecule has 0 bridgehead atoms. The molecular formula is C11H19N5O. The molecule has 1 aromatic rings. The van der Waals surface area contributed by atoms with Crippen molar-refractivity contribution in [2.45, 2.75) is 45.3 Å². The SMILES string of the molecule is CC(C)n1ncnc1CNCC(=O)NC1CC1. The fourth-order valence-electron chi connectivity index (χ4n) is 1.63. The van der Waals surface area contributed by atoms with Gasteiger partial charge in [-0.2, -0.15) is 5.10 Å². The summed E-state index contributed by atoms with van der Waals surface area (Å²) in [6, 6.07) is 0.707. The van der Waals surface area contributed by atoms with Crippen molar-refractivity contribution < 1.29 is 4.79 Å². The number of carbonyl (C=O) groups is 1. The van der Waals surface area contributed by atoms with Crippen molar-refractivity contribution in [3.63, 3.8) is 0 Å². The molecule has 6 heteroatoms. The van der Waals surface area contributed by atoms with E-state index in [1.54, 1.807) is 6.33 Å². The van der Waals surface area contributed by atoms with E-state index >= 15 is 0 Å². The molecule has 1 aliphatic rings. The third kappa shape index (κ3) is 3.52. The van der Waals surface area contributed by atoms with Gasteiger partial charge in [0.2, 0.25) is 5.91 Å². The molecule has 0 atom stereocenters. The molecule has 0 aromatic carbocycles. The van der Waals surface area contributed by atoms with Crippen LogP contribution in [0.1, 0.15) is 38.6 Å². The van der Waals surface area contributed by atoms with Gasteiger partial charge in [0.05, 0.1) is 13.1 Å². The van der Waals surface area contributed by atoms with Crippen LogP contribution in [-0.4, -0.2) is 33.3 Å². The van der Waals surface area contributed by atoms with Gasteiger partial charge in [-0.25, -0.2) is 9.67 Å². The Balaban J connectivity index is 1.73. The average molecular weight is 237 g/mol. The van der Waals surface area contributed by atoms with Gasteiger partial charge in [-0.05, 0) is 26.7 Å². The summed E-state index contributed by atoms with van der Waals surface area (Å²) in [5, 5.41) is 10.1. The Hall–Kier alpha value is -1.43. The minimum atomic E-state index is 0.0584. The Morgan fingerprint density at radius 3 is 3.00 bits per heavy atom. The predicted molar refractivity (Wildman–Crippen MR) is 63.3 cm³/mol. The van der Waals surface area contributed by atoms with Crippen LogP contribution in [0.15, 0.2) is 6.33 Å². The van der Waals surface area contributed by atoms with Crippen LogP contribution in [0.4, 0.5) is 0 Å². The quantitative estimate of drug-likeness (QED) is 0.743. The fourth-order valence-corrected chi connectivity index (χ4v) is 1.63. The van der Waals surface area contributed by atoms with Crippen molar-refractivity contribution in [2.75, 3.05) is 6.54 Å². The Bertz CT molecular complexity index is 383. The van der Waals surface area contributed by atoms with Gasteiger partial charge in [-0.1, -0.05) is 0 Å². The van der Waals surface area contributed by atoms with Crippen molar-refractivity contribution in [1.82, 2.24) is 25.4 Å². The summed E-state index contributed by atoms with van der Waals surface area (Å²) in [6.07, 6.45) is 3.78. The first kappa shape index (κ1) is 12.0. The maximum absolute atomic E-state index is 11.4. The number of aromatic nitrogens is 3. The van der Waals surface area contributed by atoms with Crippen molar-refractivity contribution in [3.05, 3.63) is 12.2 Å². The van der Waals surface area contributed by atoms with Gasteiger partial charge in [0, 0.05) is 12.1 Å². The molecule has 0 unspecified atom stereocenters. The number of amides is 1. The third-order valence-corrected chi connectivity index (χ3v) is 2.65. The second-order valence-electron chi connectivity index (χ2n) is 4.66. The topological polar surface area (TPSA) is 71.8 Å². The molecule has 0 radical (unpaired) electrons. The predicted octanol–water partition coefficient (Wildman–Crippen LogP) is 0.227. The molecule has 1 saturated carbocycles. The zero-order valence-electron chi connectivity index (χ0n) is 10.3. The molecule has 6 nitrogen and oxygen atoms in total. The van der Waals surface area contributed by atoms with E-state index in [1.165, 1.54) is 0 Å². The van der Waals surface area contributed by atoms with Crippen molar-refractivity contribution in [1.29, 1.82) is 0 Å². The molecule has 0 aliphatic heterocycles. The summed E-state index contributed by atoms with van der Waals surface area (Å²) in [4.78, 5) is 15.6.